The van der Waals surface area contributed by atoms with Crippen molar-refractivity contribution in [1.29, 1.82) is 0 Å². The van der Waals surface area contributed by atoms with Crippen LogP contribution in [0.15, 0.2) is 72.8 Å². The van der Waals surface area contributed by atoms with Gasteiger partial charge in [-0.15, -0.1) is 0 Å². The molecule has 156 valence electrons. The number of halogens is 2. The molecule has 0 saturated carbocycles. The van der Waals surface area contributed by atoms with E-state index in [1.54, 1.807) is 17.2 Å². The van der Waals surface area contributed by atoms with Gasteiger partial charge in [-0.1, -0.05) is 71.2 Å². The van der Waals surface area contributed by atoms with Crippen molar-refractivity contribution in [2.24, 2.45) is 5.92 Å². The van der Waals surface area contributed by atoms with Crippen LogP contribution >= 0.6 is 23.2 Å². The van der Waals surface area contributed by atoms with Crippen LogP contribution < -0.4 is 9.96 Å². The van der Waals surface area contributed by atoms with Crippen LogP contribution in [0.5, 0.6) is 0 Å². The fourth-order valence-electron chi connectivity index (χ4n) is 4.22. The van der Waals surface area contributed by atoms with E-state index in [4.69, 9.17) is 28.0 Å². The van der Waals surface area contributed by atoms with Crippen molar-refractivity contribution >= 4 is 46.4 Å². The maximum absolute atomic E-state index is 13.6. The summed E-state index contributed by atoms with van der Waals surface area (Å²) in [7, 11) is 0. The average Bonchev–Trinajstić information content (AvgIpc) is 3.26. The van der Waals surface area contributed by atoms with Gasteiger partial charge in [0.15, 0.2) is 6.10 Å². The van der Waals surface area contributed by atoms with Crippen molar-refractivity contribution in [3.63, 3.8) is 0 Å². The third-order valence-corrected chi connectivity index (χ3v) is 6.23. The molecular formula is C24H18Cl2N2O3. The minimum atomic E-state index is -0.939. The topological polar surface area (TPSA) is 49.9 Å². The quantitative estimate of drug-likeness (QED) is 0.502. The van der Waals surface area contributed by atoms with Gasteiger partial charge in [-0.05, 0) is 42.8 Å². The van der Waals surface area contributed by atoms with Gasteiger partial charge in [0, 0.05) is 5.02 Å². The predicted octanol–water partition coefficient (Wildman–Crippen LogP) is 5.35. The van der Waals surface area contributed by atoms with Crippen molar-refractivity contribution in [2.75, 3.05) is 9.96 Å². The molecule has 0 aliphatic carbocycles. The van der Waals surface area contributed by atoms with Gasteiger partial charge < -0.3 is 0 Å². The molecular weight excluding hydrogens is 435 g/mol. The lowest BCUT2D eigenvalue weighted by molar-refractivity contribution is -0.126. The van der Waals surface area contributed by atoms with E-state index in [-0.39, 0.29) is 10.9 Å². The molecule has 3 aromatic carbocycles. The van der Waals surface area contributed by atoms with Gasteiger partial charge in [-0.3, -0.25) is 14.4 Å². The molecule has 5 rings (SSSR count). The number of nitrogens with zero attached hydrogens (tertiary/aromatic N) is 2. The maximum Gasteiger partial charge on any atom is 0.266 e. The number of hydroxylamine groups is 1. The summed E-state index contributed by atoms with van der Waals surface area (Å²) >= 11 is 12.3. The smallest absolute Gasteiger partial charge is 0.266 e. The normalized spacial score (nSPS) is 22.9. The highest BCUT2D eigenvalue weighted by molar-refractivity contribution is 6.38. The lowest BCUT2D eigenvalue weighted by Gasteiger charge is -2.29. The van der Waals surface area contributed by atoms with E-state index < -0.39 is 24.0 Å². The third kappa shape index (κ3) is 3.30. The van der Waals surface area contributed by atoms with Crippen LogP contribution in [-0.2, 0) is 14.4 Å². The molecule has 2 fully saturated rings. The molecule has 3 atom stereocenters. The summed E-state index contributed by atoms with van der Waals surface area (Å²) in [6.07, 6.45) is -0.939. The molecule has 0 spiro atoms. The predicted molar refractivity (Wildman–Crippen MR) is 120 cm³/mol. The van der Waals surface area contributed by atoms with Gasteiger partial charge >= 0.3 is 0 Å². The lowest BCUT2D eigenvalue weighted by atomic mass is 9.90. The number of anilines is 2. The van der Waals surface area contributed by atoms with Crippen molar-refractivity contribution in [2.45, 2.75) is 19.1 Å². The van der Waals surface area contributed by atoms with Gasteiger partial charge in [0.05, 0.1) is 22.4 Å². The average molecular weight is 453 g/mol. The number of hydrogen-bond acceptors (Lipinski definition) is 4. The molecule has 31 heavy (non-hydrogen) atoms. The van der Waals surface area contributed by atoms with E-state index in [2.05, 4.69) is 0 Å². The summed E-state index contributed by atoms with van der Waals surface area (Å²) in [5.74, 6) is -1.49. The summed E-state index contributed by atoms with van der Waals surface area (Å²) in [5, 5.41) is 2.34. The fourth-order valence-corrected chi connectivity index (χ4v) is 4.71. The number of amides is 2. The zero-order valence-corrected chi connectivity index (χ0v) is 18.0. The highest BCUT2D eigenvalue weighted by atomic mass is 35.5. The molecule has 2 aliphatic rings. The number of rotatable bonds is 3. The Morgan fingerprint density at radius 3 is 2.26 bits per heavy atom. The Labute approximate surface area is 189 Å². The maximum atomic E-state index is 13.6. The number of imide groups is 1. The van der Waals surface area contributed by atoms with Gasteiger partial charge in [0.25, 0.3) is 5.91 Å². The standard InChI is InChI=1S/C24H18Cl2N2O3/c1-14-7-9-15(10-8-14)21-20-22(31-28(21)17-5-3-2-4-6-17)24(30)27(23(20)29)19-12-11-16(25)13-18(19)26/h2-13,20-22H,1H3/t20-,21+,22-/m1/s1. The summed E-state index contributed by atoms with van der Waals surface area (Å²) in [6.45, 7) is 2.00. The van der Waals surface area contributed by atoms with Gasteiger partial charge in [0.2, 0.25) is 5.91 Å². The molecule has 3 aromatic rings. The summed E-state index contributed by atoms with van der Waals surface area (Å²) in [4.78, 5) is 34.1. The zero-order valence-electron chi connectivity index (χ0n) is 16.5. The second-order valence-electron chi connectivity index (χ2n) is 7.68. The van der Waals surface area contributed by atoms with Crippen LogP contribution in [0.2, 0.25) is 10.0 Å². The SMILES string of the molecule is Cc1ccc([C@H]2[C@H]3C(=O)N(c4ccc(Cl)cc4Cl)C(=O)[C@@H]3ON2c2ccccc2)cc1. The molecule has 2 aliphatic heterocycles. The Hall–Kier alpha value is -2.86. The Morgan fingerprint density at radius 1 is 0.871 bits per heavy atom. The van der Waals surface area contributed by atoms with Crippen LogP contribution in [0.3, 0.4) is 0 Å². The van der Waals surface area contributed by atoms with Crippen molar-refractivity contribution in [3.05, 3.63) is 94.0 Å². The minimum absolute atomic E-state index is 0.237. The highest BCUT2D eigenvalue weighted by Crippen LogP contribution is 2.48. The number of carbonyl (C=O) groups excluding carboxylic acids is 2. The number of aryl methyl sites for hydroxylation is 1. The molecule has 2 amide bonds. The highest BCUT2D eigenvalue weighted by Gasteiger charge is 2.60. The first-order valence-electron chi connectivity index (χ1n) is 9.86. The Balaban J connectivity index is 1.59. The first kappa shape index (κ1) is 20.1. The molecule has 2 saturated heterocycles. The van der Waals surface area contributed by atoms with Crippen LogP contribution in [0, 0.1) is 12.8 Å². The zero-order chi connectivity index (χ0) is 21.7. The van der Waals surface area contributed by atoms with Gasteiger partial charge in [-0.25, -0.2) is 9.96 Å². The van der Waals surface area contributed by atoms with Crippen LogP contribution in [0.4, 0.5) is 11.4 Å². The first-order chi connectivity index (χ1) is 15.0. The van der Waals surface area contributed by atoms with Crippen LogP contribution in [0.25, 0.3) is 0 Å². The van der Waals surface area contributed by atoms with Crippen molar-refractivity contribution < 1.29 is 14.4 Å². The Kier molecular flexibility index (Phi) is 4.97. The van der Waals surface area contributed by atoms with Gasteiger partial charge in [-0.2, -0.15) is 0 Å². The van der Waals surface area contributed by atoms with E-state index in [9.17, 15) is 9.59 Å². The molecule has 7 heteroatoms. The monoisotopic (exact) mass is 452 g/mol. The first-order valence-corrected chi connectivity index (χ1v) is 10.6. The van der Waals surface area contributed by atoms with E-state index in [0.717, 1.165) is 21.7 Å². The van der Waals surface area contributed by atoms with E-state index in [1.165, 1.54) is 6.07 Å². The Bertz CT molecular complexity index is 1170. The molecule has 5 nitrogen and oxygen atoms in total. The number of carbonyl (C=O) groups is 2. The number of hydrogen-bond donors (Lipinski definition) is 0. The number of para-hydroxylation sites is 1. The van der Waals surface area contributed by atoms with Gasteiger partial charge in [0.1, 0.15) is 5.92 Å². The minimum Gasteiger partial charge on any atom is -0.273 e. The second kappa shape index (κ2) is 7.68. The van der Waals surface area contributed by atoms with Crippen LogP contribution in [-0.4, -0.2) is 17.9 Å². The van der Waals surface area contributed by atoms with Crippen molar-refractivity contribution in [1.82, 2.24) is 0 Å². The Morgan fingerprint density at radius 2 is 1.58 bits per heavy atom. The van der Waals surface area contributed by atoms with E-state index in [1.807, 2.05) is 61.5 Å². The second-order valence-corrected chi connectivity index (χ2v) is 8.52. The fraction of sp³-hybridized carbons (Fsp3) is 0.167. The summed E-state index contributed by atoms with van der Waals surface area (Å²) in [5.41, 5.74) is 3.09. The number of benzene rings is 3. The molecule has 0 bridgehead atoms. The molecule has 0 unspecified atom stereocenters. The molecule has 0 aromatic heterocycles. The van der Waals surface area contributed by atoms with Crippen molar-refractivity contribution in [3.8, 4) is 0 Å². The molecule has 0 N–H and O–H groups in total. The lowest BCUT2D eigenvalue weighted by Crippen LogP contribution is -2.37. The third-order valence-electron chi connectivity index (χ3n) is 5.70. The molecule has 0 radical (unpaired) electrons. The van der Waals surface area contributed by atoms with E-state index in [0.29, 0.717) is 10.7 Å². The van der Waals surface area contributed by atoms with E-state index >= 15 is 0 Å². The largest absolute Gasteiger partial charge is 0.273 e. The number of fused-ring (bicyclic) bond motifs is 1. The molecule has 2 heterocycles. The van der Waals surface area contributed by atoms with Crippen LogP contribution in [0.1, 0.15) is 17.2 Å². The summed E-state index contributed by atoms with van der Waals surface area (Å²) < 4.78 is 0. The summed E-state index contributed by atoms with van der Waals surface area (Å²) in [6, 6.07) is 21.6.